The predicted molar refractivity (Wildman–Crippen MR) is 104 cm³/mol. The molecular formula is C21H25F3N2O2. The molecule has 0 aromatic heterocycles. The Balaban J connectivity index is 2.37. The average molecular weight is 394 g/mol. The molecule has 1 aliphatic heterocycles. The summed E-state index contributed by atoms with van der Waals surface area (Å²) in [5.41, 5.74) is 3.59. The number of carbonyl (C=O) groups excluding carboxylic acids is 1. The lowest BCUT2D eigenvalue weighted by Gasteiger charge is -2.25. The average Bonchev–Trinajstić information content (AvgIpc) is 3.00. The first-order chi connectivity index (χ1) is 13.1. The number of halogens is 3. The van der Waals surface area contributed by atoms with Crippen molar-refractivity contribution in [1.82, 2.24) is 5.32 Å². The summed E-state index contributed by atoms with van der Waals surface area (Å²) in [6.07, 6.45) is 1.25. The first-order valence-corrected chi connectivity index (χ1v) is 8.95. The minimum absolute atomic E-state index is 0.232. The quantitative estimate of drug-likeness (QED) is 0.725. The molecule has 152 valence electrons. The Morgan fingerprint density at radius 3 is 2.57 bits per heavy atom. The molecule has 1 unspecified atom stereocenters. The zero-order valence-electron chi connectivity index (χ0n) is 16.5. The standard InChI is InChI=1S/C21H25F3N2O2/c1-6-15(8-7-13(2)3)19(25-5)20(27)26-10-9-17-14(4)11-16(12-18(17)26)28-21(22,23)24/h6-8,11-12,19,25H,2,9-10H2,1,3-5H3/b8-7-,15-6?. The van der Waals surface area contributed by atoms with E-state index in [2.05, 4.69) is 16.6 Å². The summed E-state index contributed by atoms with van der Waals surface area (Å²) in [5.74, 6) is -0.554. The molecule has 28 heavy (non-hydrogen) atoms. The fraction of sp³-hybridized carbons (Fsp3) is 0.381. The minimum atomic E-state index is -4.78. The van der Waals surface area contributed by atoms with Crippen LogP contribution >= 0.6 is 0 Å². The van der Waals surface area contributed by atoms with Gasteiger partial charge in [0.25, 0.3) is 0 Å². The van der Waals surface area contributed by atoms with Gasteiger partial charge in [0.2, 0.25) is 5.91 Å². The van der Waals surface area contributed by atoms with Crippen LogP contribution in [0.5, 0.6) is 5.75 Å². The van der Waals surface area contributed by atoms with Gasteiger partial charge in [-0.25, -0.2) is 0 Å². The highest BCUT2D eigenvalue weighted by molar-refractivity contribution is 6.01. The van der Waals surface area contributed by atoms with E-state index < -0.39 is 12.4 Å². The number of likely N-dealkylation sites (N-methyl/N-ethyl adjacent to an activating group) is 1. The van der Waals surface area contributed by atoms with E-state index in [4.69, 9.17) is 0 Å². The third-order valence-corrected chi connectivity index (χ3v) is 4.56. The smallest absolute Gasteiger partial charge is 0.406 e. The second-order valence-corrected chi connectivity index (χ2v) is 6.72. The molecule has 1 aromatic rings. The third-order valence-electron chi connectivity index (χ3n) is 4.56. The Bertz CT molecular complexity index is 826. The molecule has 0 saturated heterocycles. The number of anilines is 1. The molecule has 1 amide bonds. The number of benzene rings is 1. The number of amides is 1. The third kappa shape index (κ3) is 5.04. The van der Waals surface area contributed by atoms with Crippen LogP contribution in [0.2, 0.25) is 0 Å². The summed E-state index contributed by atoms with van der Waals surface area (Å²) in [6, 6.07) is 2.01. The van der Waals surface area contributed by atoms with Gasteiger partial charge in [0.05, 0.1) is 5.69 Å². The van der Waals surface area contributed by atoms with Crippen molar-refractivity contribution in [3.63, 3.8) is 0 Å². The summed E-state index contributed by atoms with van der Waals surface area (Å²) in [6.45, 7) is 9.61. The Morgan fingerprint density at radius 2 is 2.04 bits per heavy atom. The summed E-state index contributed by atoms with van der Waals surface area (Å²) in [4.78, 5) is 14.7. The number of rotatable bonds is 6. The van der Waals surface area contributed by atoms with Gasteiger partial charge in [-0.15, -0.1) is 13.2 Å². The first kappa shape index (κ1) is 21.8. The van der Waals surface area contributed by atoms with E-state index in [1.807, 2.05) is 32.1 Å². The predicted octanol–water partition coefficient (Wildman–Crippen LogP) is 4.45. The number of carbonyl (C=O) groups is 1. The lowest BCUT2D eigenvalue weighted by Crippen LogP contribution is -2.45. The maximum Gasteiger partial charge on any atom is 0.573 e. The number of aryl methyl sites for hydroxylation is 1. The van der Waals surface area contributed by atoms with E-state index in [-0.39, 0.29) is 11.7 Å². The van der Waals surface area contributed by atoms with Crippen LogP contribution in [0.4, 0.5) is 18.9 Å². The van der Waals surface area contributed by atoms with Crippen LogP contribution in [0.25, 0.3) is 0 Å². The molecule has 4 nitrogen and oxygen atoms in total. The van der Waals surface area contributed by atoms with Gasteiger partial charge in [-0.3, -0.25) is 4.79 Å². The maximum atomic E-state index is 13.2. The molecule has 0 bridgehead atoms. The lowest BCUT2D eigenvalue weighted by atomic mass is 10.0. The van der Waals surface area contributed by atoms with Crippen molar-refractivity contribution in [3.8, 4) is 5.75 Å². The van der Waals surface area contributed by atoms with Gasteiger partial charge < -0.3 is 15.0 Å². The summed E-state index contributed by atoms with van der Waals surface area (Å²) >= 11 is 0. The number of nitrogens with one attached hydrogen (secondary N) is 1. The summed E-state index contributed by atoms with van der Waals surface area (Å²) in [5, 5.41) is 3.00. The summed E-state index contributed by atoms with van der Waals surface area (Å²) in [7, 11) is 1.67. The van der Waals surface area contributed by atoms with Crippen LogP contribution in [0.15, 0.2) is 48.1 Å². The molecule has 0 saturated carbocycles. The Morgan fingerprint density at radius 1 is 1.36 bits per heavy atom. The molecule has 0 spiro atoms. The second-order valence-electron chi connectivity index (χ2n) is 6.72. The van der Waals surface area contributed by atoms with Crippen molar-refractivity contribution >= 4 is 11.6 Å². The number of hydrogen-bond donors (Lipinski definition) is 1. The normalized spacial score (nSPS) is 15.7. The van der Waals surface area contributed by atoms with E-state index in [9.17, 15) is 18.0 Å². The fourth-order valence-corrected chi connectivity index (χ4v) is 3.28. The van der Waals surface area contributed by atoms with Crippen LogP contribution in [0.1, 0.15) is 25.0 Å². The topological polar surface area (TPSA) is 41.6 Å². The highest BCUT2D eigenvalue weighted by Crippen LogP contribution is 2.37. The highest BCUT2D eigenvalue weighted by Gasteiger charge is 2.35. The zero-order chi connectivity index (χ0) is 21.1. The molecule has 1 atom stereocenters. The monoisotopic (exact) mass is 394 g/mol. The molecule has 0 fully saturated rings. The fourth-order valence-electron chi connectivity index (χ4n) is 3.28. The minimum Gasteiger partial charge on any atom is -0.406 e. The number of allylic oxidation sites excluding steroid dienone is 3. The molecule has 1 heterocycles. The Labute approximate surface area is 163 Å². The Hall–Kier alpha value is -2.54. The van der Waals surface area contributed by atoms with E-state index >= 15 is 0 Å². The first-order valence-electron chi connectivity index (χ1n) is 8.95. The SMILES string of the molecule is C=C(C)/C=C\C(=CC)C(NC)C(=O)N1CCc2c(C)cc(OC(F)(F)F)cc21. The molecule has 1 aromatic carbocycles. The molecular weight excluding hydrogens is 369 g/mol. The van der Waals surface area contributed by atoms with Crippen molar-refractivity contribution < 1.29 is 22.7 Å². The van der Waals surface area contributed by atoms with Crippen LogP contribution < -0.4 is 15.0 Å². The van der Waals surface area contributed by atoms with Gasteiger partial charge in [0, 0.05) is 12.6 Å². The van der Waals surface area contributed by atoms with E-state index in [1.54, 1.807) is 14.0 Å². The number of fused-ring (bicyclic) bond motifs is 1. The number of nitrogens with zero attached hydrogens (tertiary/aromatic N) is 1. The molecule has 0 radical (unpaired) electrons. The lowest BCUT2D eigenvalue weighted by molar-refractivity contribution is -0.274. The van der Waals surface area contributed by atoms with E-state index in [0.29, 0.717) is 24.2 Å². The van der Waals surface area contributed by atoms with Crippen molar-refractivity contribution in [1.29, 1.82) is 0 Å². The number of alkyl halides is 3. The molecule has 1 N–H and O–H groups in total. The van der Waals surface area contributed by atoms with Crippen LogP contribution in [-0.4, -0.2) is 31.9 Å². The van der Waals surface area contributed by atoms with Crippen molar-refractivity contribution in [3.05, 3.63) is 59.2 Å². The summed E-state index contributed by atoms with van der Waals surface area (Å²) < 4.78 is 42.0. The highest BCUT2D eigenvalue weighted by atomic mass is 19.4. The Kier molecular flexibility index (Phi) is 6.72. The van der Waals surface area contributed by atoms with Crippen molar-refractivity contribution in [2.45, 2.75) is 39.6 Å². The van der Waals surface area contributed by atoms with Gasteiger partial charge >= 0.3 is 6.36 Å². The van der Waals surface area contributed by atoms with Crippen LogP contribution in [-0.2, 0) is 11.2 Å². The van der Waals surface area contributed by atoms with Crippen molar-refractivity contribution in [2.24, 2.45) is 0 Å². The molecule has 2 rings (SSSR count). The van der Waals surface area contributed by atoms with E-state index in [1.165, 1.54) is 17.0 Å². The van der Waals surface area contributed by atoms with Gasteiger partial charge in [0.1, 0.15) is 11.8 Å². The molecule has 1 aliphatic rings. The maximum absolute atomic E-state index is 13.2. The zero-order valence-corrected chi connectivity index (χ0v) is 16.5. The van der Waals surface area contributed by atoms with Crippen LogP contribution in [0, 0.1) is 6.92 Å². The molecule has 0 aliphatic carbocycles. The van der Waals surface area contributed by atoms with Gasteiger partial charge in [0.15, 0.2) is 0 Å². The molecule has 7 heteroatoms. The number of hydrogen-bond acceptors (Lipinski definition) is 3. The van der Waals surface area contributed by atoms with Gasteiger partial charge in [-0.2, -0.15) is 0 Å². The van der Waals surface area contributed by atoms with E-state index in [0.717, 1.165) is 16.7 Å². The second kappa shape index (κ2) is 8.65. The largest absolute Gasteiger partial charge is 0.573 e. The van der Waals surface area contributed by atoms with Crippen molar-refractivity contribution in [2.75, 3.05) is 18.5 Å². The van der Waals surface area contributed by atoms with Gasteiger partial charge in [-0.1, -0.05) is 30.4 Å². The number of ether oxygens (including phenoxy) is 1. The van der Waals surface area contributed by atoms with Gasteiger partial charge in [-0.05, 0) is 57.0 Å². The van der Waals surface area contributed by atoms with Crippen LogP contribution in [0.3, 0.4) is 0 Å².